The van der Waals surface area contributed by atoms with Crippen molar-refractivity contribution in [2.24, 2.45) is 7.05 Å². The molecular weight excluding hydrogens is 368 g/mol. The molecule has 1 fully saturated rings. The number of carbonyl (C=O) groups is 1. The summed E-state index contributed by atoms with van der Waals surface area (Å²) in [5, 5.41) is 11.4. The van der Waals surface area contributed by atoms with Gasteiger partial charge in [0.2, 0.25) is 0 Å². The van der Waals surface area contributed by atoms with Gasteiger partial charge in [0.05, 0.1) is 17.8 Å². The van der Waals surface area contributed by atoms with Gasteiger partial charge in [0.1, 0.15) is 0 Å². The van der Waals surface area contributed by atoms with Gasteiger partial charge in [0.25, 0.3) is 5.89 Å². The molecule has 1 aromatic carbocycles. The summed E-state index contributed by atoms with van der Waals surface area (Å²) >= 11 is 0. The molecule has 29 heavy (non-hydrogen) atoms. The van der Waals surface area contributed by atoms with Gasteiger partial charge < -0.3 is 14.7 Å². The second kappa shape index (κ2) is 8.06. The van der Waals surface area contributed by atoms with E-state index in [1.54, 1.807) is 10.9 Å². The van der Waals surface area contributed by atoms with Crippen LogP contribution in [0.4, 0.5) is 10.5 Å². The van der Waals surface area contributed by atoms with Gasteiger partial charge in [-0.05, 0) is 38.3 Å². The van der Waals surface area contributed by atoms with E-state index < -0.39 is 0 Å². The van der Waals surface area contributed by atoms with E-state index in [1.165, 1.54) is 5.56 Å². The molecule has 3 heterocycles. The van der Waals surface area contributed by atoms with E-state index >= 15 is 0 Å². The normalized spacial score (nSPS) is 17.2. The summed E-state index contributed by atoms with van der Waals surface area (Å²) in [6.07, 6.45) is 7.40. The maximum Gasteiger partial charge on any atom is 0.322 e. The first-order valence-corrected chi connectivity index (χ1v) is 9.99. The fraction of sp³-hybridized carbons (Fsp3) is 0.429. The van der Waals surface area contributed by atoms with E-state index in [0.29, 0.717) is 18.3 Å². The van der Waals surface area contributed by atoms with Gasteiger partial charge in [0, 0.05) is 25.5 Å². The summed E-state index contributed by atoms with van der Waals surface area (Å²) < 4.78 is 7.15. The molecule has 8 nitrogen and oxygen atoms in total. The third-order valence-electron chi connectivity index (χ3n) is 5.33. The first kappa shape index (κ1) is 19.2. The second-order valence-corrected chi connectivity index (χ2v) is 7.67. The molecular formula is C21H26N6O2. The average molecular weight is 394 g/mol. The number of amides is 2. The monoisotopic (exact) mass is 394 g/mol. The SMILES string of the molecule is Cc1ccc(NC(=O)N2CCCCCC2c2noc(-c3cnn(C)c3)n2)c(C)c1. The predicted octanol–water partition coefficient (Wildman–Crippen LogP) is 4.24. The van der Waals surface area contributed by atoms with Crippen molar-refractivity contribution in [1.82, 2.24) is 24.8 Å². The largest absolute Gasteiger partial charge is 0.334 e. The number of aryl methyl sites for hydroxylation is 3. The van der Waals surface area contributed by atoms with E-state index in [1.807, 2.05) is 44.1 Å². The van der Waals surface area contributed by atoms with Crippen molar-refractivity contribution in [2.75, 3.05) is 11.9 Å². The lowest BCUT2D eigenvalue weighted by atomic mass is 10.1. The number of benzene rings is 1. The summed E-state index contributed by atoms with van der Waals surface area (Å²) in [6, 6.07) is 5.68. The molecule has 1 unspecified atom stereocenters. The Bertz CT molecular complexity index is 1010. The number of rotatable bonds is 3. The average Bonchev–Trinajstić information content (AvgIpc) is 3.27. The number of urea groups is 1. The highest BCUT2D eigenvalue weighted by Gasteiger charge is 2.31. The smallest absolute Gasteiger partial charge is 0.322 e. The molecule has 0 aliphatic carbocycles. The van der Waals surface area contributed by atoms with Crippen molar-refractivity contribution < 1.29 is 9.32 Å². The minimum atomic E-state index is -0.211. The number of hydrogen-bond donors (Lipinski definition) is 1. The Morgan fingerprint density at radius 2 is 2.10 bits per heavy atom. The number of anilines is 1. The number of carbonyl (C=O) groups excluding carboxylic acids is 1. The fourth-order valence-electron chi connectivity index (χ4n) is 3.78. The zero-order chi connectivity index (χ0) is 20.4. The van der Waals surface area contributed by atoms with Gasteiger partial charge in [-0.25, -0.2) is 4.79 Å². The van der Waals surface area contributed by atoms with Gasteiger partial charge in [-0.15, -0.1) is 0 Å². The van der Waals surface area contributed by atoms with E-state index in [4.69, 9.17) is 4.52 Å². The van der Waals surface area contributed by atoms with Crippen LogP contribution >= 0.6 is 0 Å². The van der Waals surface area contributed by atoms with Gasteiger partial charge >= 0.3 is 6.03 Å². The second-order valence-electron chi connectivity index (χ2n) is 7.67. The van der Waals surface area contributed by atoms with Crippen LogP contribution in [-0.4, -0.2) is 37.4 Å². The third-order valence-corrected chi connectivity index (χ3v) is 5.33. The van der Waals surface area contributed by atoms with Crippen LogP contribution in [0.3, 0.4) is 0 Å². The van der Waals surface area contributed by atoms with Crippen molar-refractivity contribution in [3.8, 4) is 11.5 Å². The molecule has 1 N–H and O–H groups in total. The third kappa shape index (κ3) is 4.16. The summed E-state index contributed by atoms with van der Waals surface area (Å²) in [5.74, 6) is 0.966. The Balaban J connectivity index is 1.57. The summed E-state index contributed by atoms with van der Waals surface area (Å²) in [6.45, 7) is 4.71. The zero-order valence-corrected chi connectivity index (χ0v) is 17.1. The van der Waals surface area contributed by atoms with Crippen molar-refractivity contribution in [3.63, 3.8) is 0 Å². The Labute approximate surface area is 169 Å². The Morgan fingerprint density at radius 3 is 2.86 bits per heavy atom. The van der Waals surface area contributed by atoms with Crippen LogP contribution in [0.2, 0.25) is 0 Å². The van der Waals surface area contributed by atoms with Crippen LogP contribution in [-0.2, 0) is 7.05 Å². The van der Waals surface area contributed by atoms with Crippen LogP contribution in [0.25, 0.3) is 11.5 Å². The molecule has 3 aromatic rings. The molecule has 2 amide bonds. The lowest BCUT2D eigenvalue weighted by Gasteiger charge is -2.28. The number of likely N-dealkylation sites (tertiary alicyclic amines) is 1. The van der Waals surface area contributed by atoms with E-state index in [2.05, 4.69) is 26.6 Å². The lowest BCUT2D eigenvalue weighted by molar-refractivity contribution is 0.185. The standard InChI is InChI=1S/C21H26N6O2/c1-14-8-9-17(15(2)11-14)23-21(28)27-10-6-4-5-7-18(27)19-24-20(29-25-19)16-12-22-26(3)13-16/h8-9,11-13,18H,4-7,10H2,1-3H3,(H,23,28). The van der Waals surface area contributed by atoms with Crippen molar-refractivity contribution >= 4 is 11.7 Å². The highest BCUT2D eigenvalue weighted by Crippen LogP contribution is 2.31. The van der Waals surface area contributed by atoms with Crippen LogP contribution in [0.15, 0.2) is 35.1 Å². The Hall–Kier alpha value is -3.16. The van der Waals surface area contributed by atoms with Crippen LogP contribution in [0.5, 0.6) is 0 Å². The van der Waals surface area contributed by atoms with E-state index in [0.717, 1.165) is 42.5 Å². The number of aromatic nitrogens is 4. The summed E-state index contributed by atoms with van der Waals surface area (Å²) in [5.41, 5.74) is 3.81. The molecule has 8 heteroatoms. The molecule has 0 bridgehead atoms. The van der Waals surface area contributed by atoms with Crippen molar-refractivity contribution in [3.05, 3.63) is 47.5 Å². The van der Waals surface area contributed by atoms with Crippen molar-refractivity contribution in [2.45, 2.75) is 45.6 Å². The highest BCUT2D eigenvalue weighted by atomic mass is 16.5. The minimum absolute atomic E-state index is 0.128. The number of nitrogens with zero attached hydrogens (tertiary/aromatic N) is 5. The molecule has 1 atom stereocenters. The molecule has 1 aliphatic rings. The highest BCUT2D eigenvalue weighted by molar-refractivity contribution is 5.90. The van der Waals surface area contributed by atoms with E-state index in [-0.39, 0.29) is 12.1 Å². The molecule has 0 radical (unpaired) electrons. The summed E-state index contributed by atoms with van der Waals surface area (Å²) in [7, 11) is 1.84. The zero-order valence-electron chi connectivity index (χ0n) is 17.1. The molecule has 1 saturated heterocycles. The Kier molecular flexibility index (Phi) is 5.33. The molecule has 0 spiro atoms. The van der Waals surface area contributed by atoms with Crippen molar-refractivity contribution in [1.29, 1.82) is 0 Å². The van der Waals surface area contributed by atoms with Crippen LogP contribution in [0.1, 0.15) is 48.7 Å². The maximum absolute atomic E-state index is 13.1. The van der Waals surface area contributed by atoms with Crippen LogP contribution in [0, 0.1) is 13.8 Å². The predicted molar refractivity (Wildman–Crippen MR) is 109 cm³/mol. The van der Waals surface area contributed by atoms with Gasteiger partial charge in [-0.3, -0.25) is 4.68 Å². The summed E-state index contributed by atoms with van der Waals surface area (Å²) in [4.78, 5) is 19.5. The minimum Gasteiger partial charge on any atom is -0.334 e. The lowest BCUT2D eigenvalue weighted by Crippen LogP contribution is -2.38. The van der Waals surface area contributed by atoms with Gasteiger partial charge in [0.15, 0.2) is 5.82 Å². The maximum atomic E-state index is 13.1. The Morgan fingerprint density at radius 1 is 1.24 bits per heavy atom. The van der Waals surface area contributed by atoms with Gasteiger partial charge in [-0.2, -0.15) is 10.1 Å². The first-order chi connectivity index (χ1) is 14.0. The topological polar surface area (TPSA) is 89.1 Å². The molecule has 2 aromatic heterocycles. The number of nitrogens with one attached hydrogen (secondary N) is 1. The quantitative estimate of drug-likeness (QED) is 0.718. The van der Waals surface area contributed by atoms with Gasteiger partial charge in [-0.1, -0.05) is 35.7 Å². The van der Waals surface area contributed by atoms with Crippen LogP contribution < -0.4 is 5.32 Å². The molecule has 4 rings (SSSR count). The molecule has 1 aliphatic heterocycles. The first-order valence-electron chi connectivity index (χ1n) is 9.99. The molecule has 152 valence electrons. The fourth-order valence-corrected chi connectivity index (χ4v) is 3.78. The van der Waals surface area contributed by atoms with E-state index in [9.17, 15) is 4.79 Å². The molecule has 0 saturated carbocycles. The number of hydrogen-bond acceptors (Lipinski definition) is 5.